The standard InChI is InChI=1S/C14H13ClO3/c1-2-17-14(16)11-8-12(18-13(11)9-15)10-6-4-3-5-7-10/h3-8H,2,9H2,1H3. The third-order valence-corrected chi connectivity index (χ3v) is 2.73. The van der Waals surface area contributed by atoms with Crippen molar-refractivity contribution in [3.8, 4) is 11.3 Å². The summed E-state index contributed by atoms with van der Waals surface area (Å²) in [6.07, 6.45) is 0. The molecular weight excluding hydrogens is 252 g/mol. The molecule has 0 saturated heterocycles. The Hall–Kier alpha value is -1.74. The molecule has 2 aromatic rings. The molecule has 0 aliphatic rings. The summed E-state index contributed by atoms with van der Waals surface area (Å²) >= 11 is 5.78. The molecule has 0 aliphatic carbocycles. The predicted molar refractivity (Wildman–Crippen MR) is 69.7 cm³/mol. The Bertz CT molecular complexity index is 531. The van der Waals surface area contributed by atoms with Gasteiger partial charge in [0.25, 0.3) is 0 Å². The van der Waals surface area contributed by atoms with Gasteiger partial charge in [-0.1, -0.05) is 30.3 Å². The highest BCUT2D eigenvalue weighted by atomic mass is 35.5. The summed E-state index contributed by atoms with van der Waals surface area (Å²) < 4.78 is 10.5. The van der Waals surface area contributed by atoms with Crippen LogP contribution in [0.5, 0.6) is 0 Å². The maximum Gasteiger partial charge on any atom is 0.341 e. The normalized spacial score (nSPS) is 10.3. The number of carbonyl (C=O) groups excluding carboxylic acids is 1. The van der Waals surface area contributed by atoms with Gasteiger partial charge in [-0.2, -0.15) is 0 Å². The number of furan rings is 1. The molecule has 3 nitrogen and oxygen atoms in total. The van der Waals surface area contributed by atoms with Crippen LogP contribution >= 0.6 is 11.6 Å². The van der Waals surface area contributed by atoms with Crippen molar-refractivity contribution >= 4 is 17.6 Å². The van der Waals surface area contributed by atoms with E-state index in [0.717, 1.165) is 5.56 Å². The molecule has 0 N–H and O–H groups in total. The zero-order chi connectivity index (χ0) is 13.0. The van der Waals surface area contributed by atoms with Gasteiger partial charge in [0, 0.05) is 5.56 Å². The molecule has 18 heavy (non-hydrogen) atoms. The number of hydrogen-bond acceptors (Lipinski definition) is 3. The molecule has 0 atom stereocenters. The van der Waals surface area contributed by atoms with Crippen molar-refractivity contribution in [3.05, 3.63) is 47.7 Å². The topological polar surface area (TPSA) is 39.4 Å². The quantitative estimate of drug-likeness (QED) is 0.622. The van der Waals surface area contributed by atoms with Gasteiger partial charge in [0.1, 0.15) is 17.1 Å². The van der Waals surface area contributed by atoms with Crippen molar-refractivity contribution in [2.45, 2.75) is 12.8 Å². The number of esters is 1. The lowest BCUT2D eigenvalue weighted by molar-refractivity contribution is 0.0524. The summed E-state index contributed by atoms with van der Waals surface area (Å²) in [5.74, 6) is 0.795. The van der Waals surface area contributed by atoms with Crippen molar-refractivity contribution < 1.29 is 13.9 Å². The van der Waals surface area contributed by atoms with E-state index in [9.17, 15) is 4.79 Å². The zero-order valence-electron chi connectivity index (χ0n) is 9.98. The van der Waals surface area contributed by atoms with Crippen LogP contribution in [0.3, 0.4) is 0 Å². The first-order valence-electron chi connectivity index (χ1n) is 5.67. The molecule has 1 heterocycles. The molecular formula is C14H13ClO3. The fourth-order valence-corrected chi connectivity index (χ4v) is 1.85. The SMILES string of the molecule is CCOC(=O)c1cc(-c2ccccc2)oc1CCl. The van der Waals surface area contributed by atoms with Crippen LogP contribution in [-0.4, -0.2) is 12.6 Å². The van der Waals surface area contributed by atoms with E-state index in [1.165, 1.54) is 0 Å². The van der Waals surface area contributed by atoms with Gasteiger partial charge in [-0.15, -0.1) is 11.6 Å². The smallest absolute Gasteiger partial charge is 0.341 e. The Morgan fingerprint density at radius 1 is 1.33 bits per heavy atom. The number of carbonyl (C=O) groups is 1. The molecule has 0 unspecified atom stereocenters. The zero-order valence-corrected chi connectivity index (χ0v) is 10.7. The first-order chi connectivity index (χ1) is 8.76. The molecule has 4 heteroatoms. The molecule has 0 bridgehead atoms. The molecule has 2 rings (SSSR count). The van der Waals surface area contributed by atoms with E-state index in [2.05, 4.69) is 0 Å². The number of alkyl halides is 1. The van der Waals surface area contributed by atoms with Gasteiger partial charge in [-0.3, -0.25) is 0 Å². The first-order valence-corrected chi connectivity index (χ1v) is 6.21. The van der Waals surface area contributed by atoms with E-state index >= 15 is 0 Å². The van der Waals surface area contributed by atoms with Crippen LogP contribution in [0.25, 0.3) is 11.3 Å². The first kappa shape index (κ1) is 12.7. The highest BCUT2D eigenvalue weighted by Gasteiger charge is 2.18. The third-order valence-electron chi connectivity index (χ3n) is 2.48. The van der Waals surface area contributed by atoms with Crippen LogP contribution in [0, 0.1) is 0 Å². The maximum atomic E-state index is 11.7. The summed E-state index contributed by atoms with van der Waals surface area (Å²) in [5.41, 5.74) is 1.30. The molecule has 0 amide bonds. The second kappa shape index (κ2) is 5.74. The Morgan fingerprint density at radius 3 is 2.67 bits per heavy atom. The highest BCUT2D eigenvalue weighted by molar-refractivity contribution is 6.17. The molecule has 0 saturated carbocycles. The Balaban J connectivity index is 2.38. The minimum absolute atomic E-state index is 0.140. The Morgan fingerprint density at radius 2 is 2.06 bits per heavy atom. The minimum atomic E-state index is -0.404. The summed E-state index contributed by atoms with van der Waals surface area (Å²) in [6, 6.07) is 11.2. The third kappa shape index (κ3) is 2.57. The molecule has 0 radical (unpaired) electrons. The molecule has 94 valence electrons. The van der Waals surface area contributed by atoms with Crippen molar-refractivity contribution in [2.75, 3.05) is 6.61 Å². The van der Waals surface area contributed by atoms with Crippen LogP contribution in [0.15, 0.2) is 40.8 Å². The molecule has 0 spiro atoms. The van der Waals surface area contributed by atoms with Gasteiger partial charge in [0.2, 0.25) is 0 Å². The number of hydrogen-bond donors (Lipinski definition) is 0. The fourth-order valence-electron chi connectivity index (χ4n) is 1.65. The minimum Gasteiger partial charge on any atom is -0.462 e. The summed E-state index contributed by atoms with van der Waals surface area (Å²) in [5, 5.41) is 0. The average Bonchev–Trinajstić information content (AvgIpc) is 2.84. The van der Waals surface area contributed by atoms with Gasteiger partial charge in [-0.25, -0.2) is 4.79 Å². The lowest BCUT2D eigenvalue weighted by Gasteiger charge is -1.98. The van der Waals surface area contributed by atoms with Gasteiger partial charge in [0.15, 0.2) is 0 Å². The van der Waals surface area contributed by atoms with Gasteiger partial charge in [-0.05, 0) is 13.0 Å². The van der Waals surface area contributed by atoms with Crippen LogP contribution < -0.4 is 0 Å². The summed E-state index contributed by atoms with van der Waals surface area (Å²) in [4.78, 5) is 11.7. The monoisotopic (exact) mass is 264 g/mol. The lowest BCUT2D eigenvalue weighted by atomic mass is 10.1. The number of halogens is 1. The van der Waals surface area contributed by atoms with E-state index < -0.39 is 5.97 Å². The van der Waals surface area contributed by atoms with E-state index in [1.807, 2.05) is 30.3 Å². The van der Waals surface area contributed by atoms with Crippen LogP contribution in [0.1, 0.15) is 23.0 Å². The second-order valence-corrected chi connectivity index (χ2v) is 3.93. The van der Waals surface area contributed by atoms with Crippen molar-refractivity contribution in [3.63, 3.8) is 0 Å². The number of ether oxygens (including phenoxy) is 1. The molecule has 0 fully saturated rings. The Kier molecular flexibility index (Phi) is 4.05. The fraction of sp³-hybridized carbons (Fsp3) is 0.214. The second-order valence-electron chi connectivity index (χ2n) is 3.67. The highest BCUT2D eigenvalue weighted by Crippen LogP contribution is 2.27. The van der Waals surface area contributed by atoms with Gasteiger partial charge in [0.05, 0.1) is 12.5 Å². The van der Waals surface area contributed by atoms with E-state index in [0.29, 0.717) is 23.7 Å². The van der Waals surface area contributed by atoms with Crippen LogP contribution in [-0.2, 0) is 10.6 Å². The summed E-state index contributed by atoms with van der Waals surface area (Å²) in [7, 11) is 0. The molecule has 0 aliphatic heterocycles. The van der Waals surface area contributed by atoms with Gasteiger partial charge >= 0.3 is 5.97 Å². The molecule has 1 aromatic heterocycles. The maximum absolute atomic E-state index is 11.7. The van der Waals surface area contributed by atoms with Crippen molar-refractivity contribution in [2.24, 2.45) is 0 Å². The van der Waals surface area contributed by atoms with E-state index in [1.54, 1.807) is 13.0 Å². The predicted octanol–water partition coefficient (Wildman–Crippen LogP) is 3.86. The Labute approximate surface area is 110 Å². The number of benzene rings is 1. The van der Waals surface area contributed by atoms with Crippen LogP contribution in [0.4, 0.5) is 0 Å². The molecule has 1 aromatic carbocycles. The van der Waals surface area contributed by atoms with E-state index in [4.69, 9.17) is 20.8 Å². The van der Waals surface area contributed by atoms with E-state index in [-0.39, 0.29) is 5.88 Å². The van der Waals surface area contributed by atoms with Gasteiger partial charge < -0.3 is 9.15 Å². The average molecular weight is 265 g/mol. The lowest BCUT2D eigenvalue weighted by Crippen LogP contribution is -2.05. The van der Waals surface area contributed by atoms with Crippen LogP contribution in [0.2, 0.25) is 0 Å². The van der Waals surface area contributed by atoms with Crippen molar-refractivity contribution in [1.82, 2.24) is 0 Å². The van der Waals surface area contributed by atoms with Crippen molar-refractivity contribution in [1.29, 1.82) is 0 Å². The summed E-state index contributed by atoms with van der Waals surface area (Å²) in [6.45, 7) is 2.09. The largest absolute Gasteiger partial charge is 0.462 e. The number of rotatable bonds is 4.